The van der Waals surface area contributed by atoms with Crippen LogP contribution in [0.1, 0.15) is 22.8 Å². The predicted molar refractivity (Wildman–Crippen MR) is 120 cm³/mol. The highest BCUT2D eigenvalue weighted by Crippen LogP contribution is 2.24. The van der Waals surface area contributed by atoms with Crippen molar-refractivity contribution in [1.82, 2.24) is 4.90 Å². The largest absolute Gasteiger partial charge is 0.337 e. The quantitative estimate of drug-likeness (QED) is 0.526. The van der Waals surface area contributed by atoms with Crippen LogP contribution in [0.3, 0.4) is 0 Å². The summed E-state index contributed by atoms with van der Waals surface area (Å²) in [6.07, 6.45) is 0. The molecule has 0 aromatic heterocycles. The average molecular weight is 443 g/mol. The van der Waals surface area contributed by atoms with E-state index in [2.05, 4.69) is 0 Å². The fraction of sp³-hybridized carbons (Fsp3) is 0.174. The summed E-state index contributed by atoms with van der Waals surface area (Å²) in [5.74, 6) is -0.148. The monoisotopic (exact) mass is 442 g/mol. The minimum atomic E-state index is -3.67. The number of hydrogen-bond acceptors (Lipinski definition) is 3. The van der Waals surface area contributed by atoms with Crippen LogP contribution >= 0.6 is 11.6 Å². The van der Waals surface area contributed by atoms with Gasteiger partial charge in [0.15, 0.2) is 0 Å². The van der Waals surface area contributed by atoms with Crippen LogP contribution in [-0.4, -0.2) is 32.8 Å². The summed E-state index contributed by atoms with van der Waals surface area (Å²) in [6, 6.07) is 22.3. The number of rotatable bonds is 7. The summed E-state index contributed by atoms with van der Waals surface area (Å²) >= 11 is 5.90. The molecule has 3 rings (SSSR count). The lowest BCUT2D eigenvalue weighted by Gasteiger charge is -2.23. The molecule has 5 nitrogen and oxygen atoms in total. The van der Waals surface area contributed by atoms with E-state index in [1.165, 1.54) is 4.31 Å². The Morgan fingerprint density at radius 3 is 2.07 bits per heavy atom. The highest BCUT2D eigenvalue weighted by molar-refractivity contribution is 7.92. The van der Waals surface area contributed by atoms with Gasteiger partial charge >= 0.3 is 0 Å². The Balaban J connectivity index is 1.77. The molecule has 0 heterocycles. The Hall–Kier alpha value is -2.83. The van der Waals surface area contributed by atoms with Gasteiger partial charge in [0.2, 0.25) is 0 Å². The van der Waals surface area contributed by atoms with Gasteiger partial charge in [-0.05, 0) is 61.0 Å². The smallest absolute Gasteiger partial charge is 0.264 e. The van der Waals surface area contributed by atoms with E-state index in [1.54, 1.807) is 85.6 Å². The third-order valence-electron chi connectivity index (χ3n) is 4.70. The SMILES string of the molecule is CCN(c1ccc(C(=O)N(C)Cc2ccc(Cl)cc2)cc1)S(=O)(=O)c1ccccc1. The third kappa shape index (κ3) is 4.83. The standard InChI is InChI=1S/C23H23ClN2O3S/c1-3-26(30(28,29)22-7-5-4-6-8-22)21-15-11-19(12-16-21)23(27)25(2)17-18-9-13-20(24)14-10-18/h4-16H,3,17H2,1-2H3. The van der Waals surface area contributed by atoms with E-state index < -0.39 is 10.0 Å². The van der Waals surface area contributed by atoms with Gasteiger partial charge in [-0.15, -0.1) is 0 Å². The van der Waals surface area contributed by atoms with Gasteiger partial charge in [0, 0.05) is 30.7 Å². The lowest BCUT2D eigenvalue weighted by molar-refractivity contribution is 0.0785. The fourth-order valence-electron chi connectivity index (χ4n) is 3.14. The first-order valence-corrected chi connectivity index (χ1v) is 11.3. The second-order valence-electron chi connectivity index (χ2n) is 6.82. The summed E-state index contributed by atoms with van der Waals surface area (Å²) in [4.78, 5) is 14.6. The number of hydrogen-bond donors (Lipinski definition) is 0. The molecule has 7 heteroatoms. The average Bonchev–Trinajstić information content (AvgIpc) is 2.76. The minimum absolute atomic E-state index is 0.148. The Kier molecular flexibility index (Phi) is 6.80. The number of anilines is 1. The van der Waals surface area contributed by atoms with Crippen molar-refractivity contribution >= 4 is 33.2 Å². The van der Waals surface area contributed by atoms with Crippen molar-refractivity contribution in [2.45, 2.75) is 18.4 Å². The molecule has 0 spiro atoms. The van der Waals surface area contributed by atoms with Crippen LogP contribution < -0.4 is 4.31 Å². The number of carbonyl (C=O) groups excluding carboxylic acids is 1. The Labute approximate surface area is 182 Å². The topological polar surface area (TPSA) is 57.7 Å². The maximum absolute atomic E-state index is 13.0. The van der Waals surface area contributed by atoms with Crippen molar-refractivity contribution in [1.29, 1.82) is 0 Å². The van der Waals surface area contributed by atoms with Gasteiger partial charge in [0.25, 0.3) is 15.9 Å². The zero-order valence-electron chi connectivity index (χ0n) is 16.8. The van der Waals surface area contributed by atoms with Crippen molar-refractivity contribution in [3.05, 3.63) is 95.0 Å². The second-order valence-corrected chi connectivity index (χ2v) is 9.12. The van der Waals surface area contributed by atoms with Crippen molar-refractivity contribution in [2.24, 2.45) is 0 Å². The molecule has 0 saturated carbocycles. The van der Waals surface area contributed by atoms with Crippen molar-refractivity contribution < 1.29 is 13.2 Å². The van der Waals surface area contributed by atoms with E-state index >= 15 is 0 Å². The summed E-state index contributed by atoms with van der Waals surface area (Å²) < 4.78 is 27.2. The lowest BCUT2D eigenvalue weighted by Crippen LogP contribution is -2.31. The number of sulfonamides is 1. The zero-order chi connectivity index (χ0) is 21.7. The van der Waals surface area contributed by atoms with E-state index in [0.29, 0.717) is 22.8 Å². The molecule has 30 heavy (non-hydrogen) atoms. The predicted octanol–water partition coefficient (Wildman–Crippen LogP) is 4.83. The Bertz CT molecular complexity index is 1100. The molecule has 0 aliphatic heterocycles. The molecule has 156 valence electrons. The van der Waals surface area contributed by atoms with Crippen LogP contribution in [0.2, 0.25) is 5.02 Å². The van der Waals surface area contributed by atoms with E-state index in [0.717, 1.165) is 5.56 Å². The van der Waals surface area contributed by atoms with E-state index in [9.17, 15) is 13.2 Å². The van der Waals surface area contributed by atoms with Crippen molar-refractivity contribution in [3.63, 3.8) is 0 Å². The van der Waals surface area contributed by atoms with Gasteiger partial charge in [0.05, 0.1) is 10.6 Å². The van der Waals surface area contributed by atoms with Gasteiger partial charge in [-0.3, -0.25) is 9.10 Å². The number of amides is 1. The van der Waals surface area contributed by atoms with E-state index in [4.69, 9.17) is 11.6 Å². The number of halogens is 1. The van der Waals surface area contributed by atoms with Crippen LogP contribution in [0.4, 0.5) is 5.69 Å². The first-order chi connectivity index (χ1) is 14.3. The molecule has 0 bridgehead atoms. The summed E-state index contributed by atoms with van der Waals surface area (Å²) in [5, 5.41) is 0.647. The summed E-state index contributed by atoms with van der Waals surface area (Å²) in [5.41, 5.74) is 1.97. The molecule has 0 unspecified atom stereocenters. The molecule has 0 aliphatic rings. The molecule has 0 saturated heterocycles. The zero-order valence-corrected chi connectivity index (χ0v) is 18.4. The third-order valence-corrected chi connectivity index (χ3v) is 6.87. The number of carbonyl (C=O) groups is 1. The molecule has 0 N–H and O–H groups in total. The number of nitrogens with zero attached hydrogens (tertiary/aromatic N) is 2. The van der Waals surface area contributed by atoms with Gasteiger partial charge in [-0.1, -0.05) is 41.9 Å². The van der Waals surface area contributed by atoms with Gasteiger partial charge < -0.3 is 4.90 Å². The molecule has 0 radical (unpaired) electrons. The normalized spacial score (nSPS) is 11.2. The van der Waals surface area contributed by atoms with Crippen LogP contribution in [0.15, 0.2) is 83.8 Å². The van der Waals surface area contributed by atoms with Gasteiger partial charge in [-0.2, -0.15) is 0 Å². The van der Waals surface area contributed by atoms with E-state index in [-0.39, 0.29) is 17.3 Å². The summed E-state index contributed by atoms with van der Waals surface area (Å²) in [6.45, 7) is 2.50. The Morgan fingerprint density at radius 2 is 1.50 bits per heavy atom. The molecule has 0 fully saturated rings. The Morgan fingerprint density at radius 1 is 0.900 bits per heavy atom. The molecule has 1 amide bonds. The fourth-order valence-corrected chi connectivity index (χ4v) is 4.76. The number of benzene rings is 3. The first-order valence-electron chi connectivity index (χ1n) is 9.50. The van der Waals surface area contributed by atoms with Crippen LogP contribution in [0.5, 0.6) is 0 Å². The maximum Gasteiger partial charge on any atom is 0.264 e. The van der Waals surface area contributed by atoms with E-state index in [1.807, 2.05) is 12.1 Å². The first kappa shape index (κ1) is 21.9. The van der Waals surface area contributed by atoms with Crippen molar-refractivity contribution in [2.75, 3.05) is 17.9 Å². The molecule has 3 aromatic carbocycles. The van der Waals surface area contributed by atoms with Crippen LogP contribution in [0, 0.1) is 0 Å². The molecule has 0 aliphatic carbocycles. The maximum atomic E-state index is 13.0. The molecule has 3 aromatic rings. The van der Waals surface area contributed by atoms with Crippen molar-refractivity contribution in [3.8, 4) is 0 Å². The van der Waals surface area contributed by atoms with Crippen LogP contribution in [0.25, 0.3) is 0 Å². The second kappa shape index (κ2) is 9.32. The lowest BCUT2D eigenvalue weighted by atomic mass is 10.1. The van der Waals surface area contributed by atoms with Gasteiger partial charge in [0.1, 0.15) is 0 Å². The highest BCUT2D eigenvalue weighted by Gasteiger charge is 2.23. The van der Waals surface area contributed by atoms with Crippen LogP contribution in [-0.2, 0) is 16.6 Å². The molecular formula is C23H23ClN2O3S. The van der Waals surface area contributed by atoms with Gasteiger partial charge in [-0.25, -0.2) is 8.42 Å². The minimum Gasteiger partial charge on any atom is -0.337 e. The molecule has 0 atom stereocenters. The summed E-state index contributed by atoms with van der Waals surface area (Å²) in [7, 11) is -1.95. The molecular weight excluding hydrogens is 420 g/mol. The highest BCUT2D eigenvalue weighted by atomic mass is 35.5.